The average Bonchev–Trinajstić information content (AvgIpc) is 2.66. The first kappa shape index (κ1) is 17.6. The number of ether oxygens (including phenoxy) is 1. The fourth-order valence-corrected chi connectivity index (χ4v) is 2.62. The van der Waals surface area contributed by atoms with E-state index in [0.29, 0.717) is 11.0 Å². The largest absolute Gasteiger partial charge is 0.573 e. The van der Waals surface area contributed by atoms with Crippen LogP contribution >= 0.6 is 28.3 Å². The maximum atomic E-state index is 12.1. The fourth-order valence-electron chi connectivity index (χ4n) is 2.11. The van der Waals surface area contributed by atoms with Crippen LogP contribution in [0.5, 0.6) is 5.75 Å². The second-order valence-electron chi connectivity index (χ2n) is 4.60. The summed E-state index contributed by atoms with van der Waals surface area (Å²) in [5, 5.41) is 0. The van der Waals surface area contributed by atoms with Crippen molar-refractivity contribution >= 4 is 28.3 Å². The molecule has 1 atom stereocenters. The minimum Gasteiger partial charge on any atom is -0.405 e. The van der Waals surface area contributed by atoms with Gasteiger partial charge in [-0.05, 0) is 40.0 Å². The third kappa shape index (κ3) is 5.12. The van der Waals surface area contributed by atoms with Gasteiger partial charge < -0.3 is 10.5 Å². The molecule has 0 bridgehead atoms. The Morgan fingerprint density at radius 3 is 2.60 bits per heavy atom. The highest BCUT2D eigenvalue weighted by molar-refractivity contribution is 9.10. The number of nitrogens with zero attached hydrogens (tertiary/aromatic N) is 1. The van der Waals surface area contributed by atoms with Crippen LogP contribution in [0.2, 0.25) is 0 Å². The number of halogens is 5. The van der Waals surface area contributed by atoms with E-state index in [9.17, 15) is 13.2 Å². The van der Waals surface area contributed by atoms with E-state index in [-0.39, 0.29) is 24.2 Å². The van der Waals surface area contributed by atoms with Crippen LogP contribution in [-0.2, 0) is 6.54 Å². The van der Waals surface area contributed by atoms with E-state index in [2.05, 4.69) is 25.6 Å². The highest BCUT2D eigenvalue weighted by Crippen LogP contribution is 2.31. The molecular formula is C12H15BrClF3N2O. The van der Waals surface area contributed by atoms with Crippen LogP contribution in [0.15, 0.2) is 22.7 Å². The molecule has 20 heavy (non-hydrogen) atoms. The molecule has 1 saturated heterocycles. The maximum Gasteiger partial charge on any atom is 0.573 e. The molecule has 1 heterocycles. The van der Waals surface area contributed by atoms with Crippen LogP contribution in [0.1, 0.15) is 12.0 Å². The first-order chi connectivity index (χ1) is 8.83. The van der Waals surface area contributed by atoms with Gasteiger partial charge in [-0.1, -0.05) is 6.07 Å². The Kier molecular flexibility index (Phi) is 6.12. The first-order valence-corrected chi connectivity index (χ1v) is 6.65. The molecule has 3 nitrogen and oxygen atoms in total. The molecule has 2 N–H and O–H groups in total. The highest BCUT2D eigenvalue weighted by atomic mass is 79.9. The fraction of sp³-hybridized carbons (Fsp3) is 0.500. The molecule has 1 aromatic carbocycles. The lowest BCUT2D eigenvalue weighted by molar-refractivity contribution is -0.274. The monoisotopic (exact) mass is 374 g/mol. The Morgan fingerprint density at radius 2 is 2.10 bits per heavy atom. The van der Waals surface area contributed by atoms with E-state index in [1.165, 1.54) is 6.07 Å². The summed E-state index contributed by atoms with van der Waals surface area (Å²) >= 11 is 3.09. The second kappa shape index (κ2) is 6.98. The number of nitrogens with two attached hydrogens (primary N) is 1. The molecule has 0 saturated carbocycles. The van der Waals surface area contributed by atoms with E-state index in [1.807, 2.05) is 0 Å². The van der Waals surface area contributed by atoms with E-state index < -0.39 is 6.36 Å². The Hall–Kier alpha value is -0.500. The van der Waals surface area contributed by atoms with Crippen molar-refractivity contribution in [3.05, 3.63) is 28.2 Å². The molecule has 1 aromatic rings. The topological polar surface area (TPSA) is 38.5 Å². The molecule has 1 aliphatic heterocycles. The van der Waals surface area contributed by atoms with Crippen LogP contribution in [-0.4, -0.2) is 30.4 Å². The average molecular weight is 376 g/mol. The minimum atomic E-state index is -4.67. The molecule has 2 rings (SSSR count). The number of alkyl halides is 3. The number of benzene rings is 1. The predicted molar refractivity (Wildman–Crippen MR) is 75.9 cm³/mol. The molecule has 0 radical (unpaired) electrons. The smallest absolute Gasteiger partial charge is 0.405 e. The molecule has 114 valence electrons. The molecular weight excluding hydrogens is 360 g/mol. The summed E-state index contributed by atoms with van der Waals surface area (Å²) in [5.41, 5.74) is 6.73. The van der Waals surface area contributed by atoms with E-state index >= 15 is 0 Å². The summed E-state index contributed by atoms with van der Waals surface area (Å²) < 4.78 is 40.6. The first-order valence-electron chi connectivity index (χ1n) is 5.85. The maximum absolute atomic E-state index is 12.1. The van der Waals surface area contributed by atoms with Crippen LogP contribution in [0.3, 0.4) is 0 Å². The summed E-state index contributed by atoms with van der Waals surface area (Å²) in [4.78, 5) is 2.18. The zero-order chi connectivity index (χ0) is 14.0. The summed E-state index contributed by atoms with van der Waals surface area (Å²) in [6, 6.07) is 4.79. The number of likely N-dealkylation sites (tertiary alicyclic amines) is 1. The number of hydrogen-bond acceptors (Lipinski definition) is 3. The minimum absolute atomic E-state index is 0. The third-order valence-corrected chi connectivity index (χ3v) is 3.56. The Balaban J connectivity index is 0.00000200. The van der Waals surface area contributed by atoms with Crippen molar-refractivity contribution in [2.75, 3.05) is 13.1 Å². The van der Waals surface area contributed by atoms with Crippen LogP contribution < -0.4 is 10.5 Å². The normalized spacial score (nSPS) is 19.8. The van der Waals surface area contributed by atoms with E-state index in [1.54, 1.807) is 12.1 Å². The van der Waals surface area contributed by atoms with Gasteiger partial charge in [0.05, 0.1) is 4.47 Å². The lowest BCUT2D eigenvalue weighted by Crippen LogP contribution is -2.26. The van der Waals surface area contributed by atoms with Gasteiger partial charge in [0.2, 0.25) is 0 Å². The number of hydrogen-bond donors (Lipinski definition) is 1. The van der Waals surface area contributed by atoms with Gasteiger partial charge in [-0.15, -0.1) is 25.6 Å². The van der Waals surface area contributed by atoms with E-state index in [0.717, 1.165) is 25.1 Å². The van der Waals surface area contributed by atoms with Gasteiger partial charge in [-0.3, -0.25) is 4.90 Å². The van der Waals surface area contributed by atoms with Crippen molar-refractivity contribution in [2.45, 2.75) is 25.4 Å². The molecule has 0 aliphatic carbocycles. The molecule has 8 heteroatoms. The van der Waals surface area contributed by atoms with Crippen molar-refractivity contribution < 1.29 is 17.9 Å². The van der Waals surface area contributed by atoms with Crippen LogP contribution in [0.4, 0.5) is 13.2 Å². The predicted octanol–water partition coefficient (Wildman–Crippen LogP) is 3.30. The van der Waals surface area contributed by atoms with Gasteiger partial charge in [-0.2, -0.15) is 0 Å². The van der Waals surface area contributed by atoms with Gasteiger partial charge in [-0.25, -0.2) is 0 Å². The molecule has 1 unspecified atom stereocenters. The van der Waals surface area contributed by atoms with Gasteiger partial charge in [0.15, 0.2) is 0 Å². The molecule has 0 amide bonds. The van der Waals surface area contributed by atoms with Crippen molar-refractivity contribution in [3.63, 3.8) is 0 Å². The third-order valence-electron chi connectivity index (χ3n) is 2.94. The highest BCUT2D eigenvalue weighted by Gasteiger charge is 2.32. The van der Waals surface area contributed by atoms with Gasteiger partial charge in [0.25, 0.3) is 0 Å². The van der Waals surface area contributed by atoms with Crippen molar-refractivity contribution in [3.8, 4) is 5.75 Å². The summed E-state index contributed by atoms with van der Waals surface area (Å²) in [6.07, 6.45) is -3.72. The van der Waals surface area contributed by atoms with Crippen LogP contribution in [0, 0.1) is 0 Å². The zero-order valence-electron chi connectivity index (χ0n) is 10.5. The zero-order valence-corrected chi connectivity index (χ0v) is 12.9. The Bertz CT molecular complexity index is 459. The molecule has 1 fully saturated rings. The van der Waals surface area contributed by atoms with Gasteiger partial charge in [0.1, 0.15) is 5.75 Å². The Morgan fingerprint density at radius 1 is 1.40 bits per heavy atom. The van der Waals surface area contributed by atoms with E-state index in [4.69, 9.17) is 5.73 Å². The van der Waals surface area contributed by atoms with Crippen LogP contribution in [0.25, 0.3) is 0 Å². The van der Waals surface area contributed by atoms with Gasteiger partial charge >= 0.3 is 6.36 Å². The van der Waals surface area contributed by atoms with Crippen molar-refractivity contribution in [2.24, 2.45) is 5.73 Å². The second-order valence-corrected chi connectivity index (χ2v) is 5.45. The lowest BCUT2D eigenvalue weighted by Gasteiger charge is -2.16. The molecule has 0 aromatic heterocycles. The summed E-state index contributed by atoms with van der Waals surface area (Å²) in [6.45, 7) is 2.41. The van der Waals surface area contributed by atoms with Gasteiger partial charge in [0, 0.05) is 25.7 Å². The van der Waals surface area contributed by atoms with Crippen molar-refractivity contribution in [1.82, 2.24) is 4.90 Å². The number of rotatable bonds is 3. The lowest BCUT2D eigenvalue weighted by atomic mass is 10.2. The van der Waals surface area contributed by atoms with Crippen molar-refractivity contribution in [1.29, 1.82) is 0 Å². The molecule has 1 aliphatic rings. The quantitative estimate of drug-likeness (QED) is 0.881. The standard InChI is InChI=1S/C12H14BrF3N2O.ClH/c13-10-5-8(6-18-4-3-9(17)7-18)1-2-11(10)19-12(14,15)16;/h1-2,5,9H,3-4,6-7,17H2;1H. The Labute approximate surface area is 129 Å². The SMILES string of the molecule is Cl.NC1CCN(Cc2ccc(OC(F)(F)F)c(Br)c2)C1. The summed E-state index contributed by atoms with van der Waals surface area (Å²) in [5.74, 6) is -0.227. The molecule has 0 spiro atoms. The summed E-state index contributed by atoms with van der Waals surface area (Å²) in [7, 11) is 0.